The molecular weight excluding hydrogens is 230 g/mol. The van der Waals surface area contributed by atoms with E-state index >= 15 is 0 Å². The lowest BCUT2D eigenvalue weighted by atomic mass is 10.1. The van der Waals surface area contributed by atoms with Crippen molar-refractivity contribution in [3.63, 3.8) is 0 Å². The molecule has 2 saturated heterocycles. The van der Waals surface area contributed by atoms with Crippen molar-refractivity contribution in [2.24, 2.45) is 0 Å². The van der Waals surface area contributed by atoms with Crippen molar-refractivity contribution in [3.8, 4) is 0 Å². The minimum absolute atomic E-state index is 0.0882. The summed E-state index contributed by atoms with van der Waals surface area (Å²) in [5.74, 6) is 0.170. The van der Waals surface area contributed by atoms with E-state index in [4.69, 9.17) is 4.74 Å². The normalized spacial score (nSPS) is 33.1. The minimum Gasteiger partial charge on any atom is -0.376 e. The van der Waals surface area contributed by atoms with E-state index in [1.54, 1.807) is 0 Å². The molecule has 2 N–H and O–H groups in total. The number of rotatable bonds is 3. The Labute approximate surface area is 109 Å². The number of likely N-dealkylation sites (N-methyl/N-ethyl adjacent to an activating group) is 1. The second-order valence-corrected chi connectivity index (χ2v) is 5.48. The Bertz CT molecular complexity index is 271. The highest BCUT2D eigenvalue weighted by atomic mass is 16.5. The van der Waals surface area contributed by atoms with Crippen molar-refractivity contribution in [2.75, 3.05) is 33.3 Å². The van der Waals surface area contributed by atoms with E-state index in [1.807, 2.05) is 11.9 Å². The number of nitrogens with zero attached hydrogens (tertiary/aromatic N) is 1. The molecule has 0 aromatic rings. The molecule has 0 radical (unpaired) electrons. The maximum atomic E-state index is 12.2. The Hall–Kier alpha value is -0.650. The molecule has 2 heterocycles. The predicted molar refractivity (Wildman–Crippen MR) is 70.5 cm³/mol. The highest BCUT2D eigenvalue weighted by Gasteiger charge is 2.27. The van der Waals surface area contributed by atoms with Gasteiger partial charge >= 0.3 is 0 Å². The van der Waals surface area contributed by atoms with E-state index in [9.17, 15) is 4.79 Å². The van der Waals surface area contributed by atoms with Gasteiger partial charge < -0.3 is 20.3 Å². The van der Waals surface area contributed by atoms with E-state index in [2.05, 4.69) is 17.6 Å². The van der Waals surface area contributed by atoms with Gasteiger partial charge in [0, 0.05) is 39.3 Å². The Morgan fingerprint density at radius 2 is 2.17 bits per heavy atom. The molecule has 3 atom stereocenters. The number of hydrogen-bond donors (Lipinski definition) is 2. The third kappa shape index (κ3) is 3.67. The van der Waals surface area contributed by atoms with Crippen LogP contribution in [0.1, 0.15) is 26.2 Å². The van der Waals surface area contributed by atoms with Crippen molar-refractivity contribution >= 4 is 5.91 Å². The number of nitrogens with one attached hydrogen (secondary N) is 2. The first kappa shape index (κ1) is 13.8. The molecule has 2 aliphatic heterocycles. The van der Waals surface area contributed by atoms with Crippen molar-refractivity contribution in [1.29, 1.82) is 0 Å². The average molecular weight is 255 g/mol. The van der Waals surface area contributed by atoms with Gasteiger partial charge in [-0.3, -0.25) is 4.79 Å². The highest BCUT2D eigenvalue weighted by molar-refractivity contribution is 5.82. The fraction of sp³-hybridized carbons (Fsp3) is 0.923. The number of piperazine rings is 1. The van der Waals surface area contributed by atoms with Crippen LogP contribution in [-0.2, 0) is 9.53 Å². The molecule has 0 saturated carbocycles. The second-order valence-electron chi connectivity index (χ2n) is 5.48. The monoisotopic (exact) mass is 255 g/mol. The van der Waals surface area contributed by atoms with Gasteiger partial charge in [-0.2, -0.15) is 0 Å². The van der Waals surface area contributed by atoms with E-state index < -0.39 is 0 Å². The number of amides is 1. The number of ether oxygens (including phenoxy) is 1. The molecule has 1 amide bonds. The maximum absolute atomic E-state index is 12.2. The lowest BCUT2D eigenvalue weighted by Gasteiger charge is -2.33. The largest absolute Gasteiger partial charge is 0.376 e. The molecule has 18 heavy (non-hydrogen) atoms. The Balaban J connectivity index is 1.77. The standard InChI is InChI=1S/C13H25N3O2/c1-10-7-15-12(8-14-10)13(17)16(2)9-11-5-3-4-6-18-11/h10-12,14-15H,3-9H2,1-2H3. The topological polar surface area (TPSA) is 53.6 Å². The zero-order valence-corrected chi connectivity index (χ0v) is 11.4. The number of hydrogen-bond acceptors (Lipinski definition) is 4. The second kappa shape index (κ2) is 6.50. The summed E-state index contributed by atoms with van der Waals surface area (Å²) in [4.78, 5) is 14.1. The smallest absolute Gasteiger partial charge is 0.240 e. The molecule has 2 rings (SSSR count). The average Bonchev–Trinajstić information content (AvgIpc) is 2.40. The summed E-state index contributed by atoms with van der Waals surface area (Å²) in [5, 5.41) is 6.62. The molecule has 0 bridgehead atoms. The Morgan fingerprint density at radius 1 is 1.33 bits per heavy atom. The fourth-order valence-corrected chi connectivity index (χ4v) is 2.57. The quantitative estimate of drug-likeness (QED) is 0.743. The fourth-order valence-electron chi connectivity index (χ4n) is 2.57. The lowest BCUT2D eigenvalue weighted by molar-refractivity contribution is -0.134. The maximum Gasteiger partial charge on any atom is 0.240 e. The summed E-state index contributed by atoms with van der Waals surface area (Å²) in [6.07, 6.45) is 3.67. The van der Waals surface area contributed by atoms with Gasteiger partial charge in [-0.05, 0) is 26.2 Å². The van der Waals surface area contributed by atoms with Crippen molar-refractivity contribution in [1.82, 2.24) is 15.5 Å². The molecule has 0 spiro atoms. The third-order valence-corrected chi connectivity index (χ3v) is 3.77. The van der Waals surface area contributed by atoms with Crippen molar-refractivity contribution in [3.05, 3.63) is 0 Å². The van der Waals surface area contributed by atoms with E-state index in [0.29, 0.717) is 12.6 Å². The highest BCUT2D eigenvalue weighted by Crippen LogP contribution is 2.13. The summed E-state index contributed by atoms with van der Waals surface area (Å²) >= 11 is 0. The first-order valence-corrected chi connectivity index (χ1v) is 7.00. The van der Waals surface area contributed by atoms with Gasteiger partial charge in [-0.25, -0.2) is 0 Å². The first-order valence-electron chi connectivity index (χ1n) is 7.00. The van der Waals surface area contributed by atoms with Crippen LogP contribution in [0, 0.1) is 0 Å². The van der Waals surface area contributed by atoms with Gasteiger partial charge in [0.2, 0.25) is 5.91 Å². The summed E-state index contributed by atoms with van der Waals surface area (Å²) < 4.78 is 5.67. The van der Waals surface area contributed by atoms with Crippen molar-refractivity contribution < 1.29 is 9.53 Å². The van der Waals surface area contributed by atoms with E-state index in [0.717, 1.165) is 32.5 Å². The van der Waals surface area contributed by atoms with Gasteiger partial charge in [0.05, 0.1) is 12.1 Å². The SMILES string of the molecule is CC1CNC(C(=O)N(C)CC2CCCCO2)CN1. The van der Waals surface area contributed by atoms with Gasteiger partial charge in [0.1, 0.15) is 0 Å². The summed E-state index contributed by atoms with van der Waals surface area (Å²) in [7, 11) is 1.88. The molecule has 5 nitrogen and oxygen atoms in total. The molecule has 0 aromatic carbocycles. The lowest BCUT2D eigenvalue weighted by Crippen LogP contribution is -2.59. The third-order valence-electron chi connectivity index (χ3n) is 3.77. The molecule has 2 fully saturated rings. The zero-order chi connectivity index (χ0) is 13.0. The van der Waals surface area contributed by atoms with Gasteiger partial charge in [0.15, 0.2) is 0 Å². The van der Waals surface area contributed by atoms with Gasteiger partial charge in [-0.1, -0.05) is 0 Å². The first-order chi connectivity index (χ1) is 8.66. The molecule has 2 aliphatic rings. The van der Waals surface area contributed by atoms with Crippen LogP contribution in [0.25, 0.3) is 0 Å². The number of carbonyl (C=O) groups excluding carboxylic acids is 1. The van der Waals surface area contributed by atoms with Gasteiger partial charge in [0.25, 0.3) is 0 Å². The van der Waals surface area contributed by atoms with Crippen LogP contribution in [-0.4, -0.2) is 62.3 Å². The summed E-state index contributed by atoms with van der Waals surface area (Å²) in [6, 6.07) is 0.357. The van der Waals surface area contributed by atoms with Crippen LogP contribution < -0.4 is 10.6 Å². The van der Waals surface area contributed by atoms with Crippen LogP contribution in [0.2, 0.25) is 0 Å². The number of carbonyl (C=O) groups is 1. The van der Waals surface area contributed by atoms with Crippen LogP contribution in [0.4, 0.5) is 0 Å². The van der Waals surface area contributed by atoms with E-state index in [-0.39, 0.29) is 18.1 Å². The molecule has 0 aliphatic carbocycles. The van der Waals surface area contributed by atoms with Crippen LogP contribution in [0.3, 0.4) is 0 Å². The molecule has 3 unspecified atom stereocenters. The Morgan fingerprint density at radius 3 is 2.78 bits per heavy atom. The van der Waals surface area contributed by atoms with Crippen LogP contribution in [0.5, 0.6) is 0 Å². The summed E-state index contributed by atoms with van der Waals surface area (Å²) in [6.45, 7) is 5.24. The van der Waals surface area contributed by atoms with E-state index in [1.165, 1.54) is 6.42 Å². The summed E-state index contributed by atoms with van der Waals surface area (Å²) in [5.41, 5.74) is 0. The van der Waals surface area contributed by atoms with Crippen LogP contribution in [0.15, 0.2) is 0 Å². The Kier molecular flexibility index (Phi) is 4.97. The molecule has 5 heteroatoms. The zero-order valence-electron chi connectivity index (χ0n) is 11.4. The van der Waals surface area contributed by atoms with Gasteiger partial charge in [-0.15, -0.1) is 0 Å². The predicted octanol–water partition coefficient (Wildman–Crippen LogP) is -0.0362. The molecule has 0 aromatic heterocycles. The van der Waals surface area contributed by atoms with Crippen molar-refractivity contribution in [2.45, 2.75) is 44.4 Å². The van der Waals surface area contributed by atoms with Crippen LogP contribution >= 0.6 is 0 Å². The molecular formula is C13H25N3O2. The minimum atomic E-state index is -0.0882. The molecule has 104 valence electrons.